The van der Waals surface area contributed by atoms with Gasteiger partial charge < -0.3 is 19.8 Å². The van der Waals surface area contributed by atoms with Crippen LogP contribution in [0, 0.1) is 12.3 Å². The van der Waals surface area contributed by atoms with Gasteiger partial charge in [-0.1, -0.05) is 24.1 Å². The van der Waals surface area contributed by atoms with Gasteiger partial charge in [-0.15, -0.1) is 6.42 Å². The van der Waals surface area contributed by atoms with Gasteiger partial charge in [-0.2, -0.15) is 0 Å². The molecule has 2 heterocycles. The molecule has 0 saturated carbocycles. The average molecular weight is 424 g/mol. The second-order valence-corrected chi connectivity index (χ2v) is 6.97. The number of terminal acetylenes is 1. The molecule has 0 aliphatic heterocycles. The Morgan fingerprint density at radius 2 is 1.94 bits per heavy atom. The Balaban J connectivity index is 1.31. The van der Waals surface area contributed by atoms with Gasteiger partial charge in [-0.05, 0) is 48.5 Å². The first-order valence-electron chi connectivity index (χ1n) is 9.91. The summed E-state index contributed by atoms with van der Waals surface area (Å²) in [6.07, 6.45) is 9.17. The van der Waals surface area contributed by atoms with E-state index in [0.717, 1.165) is 11.3 Å². The van der Waals surface area contributed by atoms with Crippen LogP contribution in [-0.4, -0.2) is 27.7 Å². The summed E-state index contributed by atoms with van der Waals surface area (Å²) in [5, 5.41) is 5.31. The zero-order chi connectivity index (χ0) is 22.3. The van der Waals surface area contributed by atoms with Crippen molar-refractivity contribution in [3.63, 3.8) is 0 Å². The van der Waals surface area contributed by atoms with E-state index >= 15 is 0 Å². The first-order chi connectivity index (χ1) is 15.6. The van der Waals surface area contributed by atoms with Gasteiger partial charge in [0, 0.05) is 29.2 Å². The lowest BCUT2D eigenvalue weighted by Crippen LogP contribution is -2.32. The van der Waals surface area contributed by atoms with Crippen molar-refractivity contribution >= 4 is 23.1 Å². The van der Waals surface area contributed by atoms with Gasteiger partial charge in [0.25, 0.3) is 5.91 Å². The van der Waals surface area contributed by atoms with E-state index in [0.29, 0.717) is 22.6 Å². The second kappa shape index (κ2) is 9.49. The normalized spacial score (nSPS) is 10.3. The van der Waals surface area contributed by atoms with Gasteiger partial charge in [-0.3, -0.25) is 9.59 Å². The van der Waals surface area contributed by atoms with E-state index in [1.165, 1.54) is 0 Å². The fraction of sp³-hybridized carbons (Fsp3) is 0.0800. The highest BCUT2D eigenvalue weighted by atomic mass is 16.5. The molecular weight excluding hydrogens is 404 g/mol. The molecule has 7 heteroatoms. The van der Waals surface area contributed by atoms with Crippen LogP contribution < -0.4 is 15.4 Å². The van der Waals surface area contributed by atoms with Crippen LogP contribution in [0.2, 0.25) is 0 Å². The lowest BCUT2D eigenvalue weighted by Gasteiger charge is -2.09. The van der Waals surface area contributed by atoms with E-state index < -0.39 is 0 Å². The number of pyridine rings is 1. The van der Waals surface area contributed by atoms with E-state index in [4.69, 9.17) is 11.2 Å². The average Bonchev–Trinajstić information content (AvgIpc) is 3.24. The fourth-order valence-electron chi connectivity index (χ4n) is 3.10. The number of imidazole rings is 1. The highest BCUT2D eigenvalue weighted by Gasteiger charge is 2.10. The largest absolute Gasteiger partial charge is 0.487 e. The van der Waals surface area contributed by atoms with Crippen molar-refractivity contribution in [1.29, 1.82) is 0 Å². The standard InChI is InChI=1S/C25H20N4O3/c1-2-18-7-5-9-20(13-18)28-24(30)15-26-25(31)19-8-6-10-22(14-19)32-17-21-16-29-12-4-3-11-23(29)27-21/h1,3-14,16H,15,17H2,(H,26,31)(H,28,30). The number of carbonyl (C=O) groups is 2. The maximum Gasteiger partial charge on any atom is 0.251 e. The molecule has 0 atom stereocenters. The summed E-state index contributed by atoms with van der Waals surface area (Å²) < 4.78 is 7.70. The van der Waals surface area contributed by atoms with E-state index in [2.05, 4.69) is 21.5 Å². The predicted molar refractivity (Wildman–Crippen MR) is 121 cm³/mol. The van der Waals surface area contributed by atoms with E-state index in [9.17, 15) is 9.59 Å². The number of benzene rings is 2. The molecule has 0 spiro atoms. The molecule has 4 rings (SSSR count). The summed E-state index contributed by atoms with van der Waals surface area (Å²) in [6.45, 7) is 0.0946. The Morgan fingerprint density at radius 3 is 2.78 bits per heavy atom. The monoisotopic (exact) mass is 424 g/mol. The Bertz CT molecular complexity index is 1290. The number of anilines is 1. The molecule has 0 radical (unpaired) electrons. The molecule has 0 bridgehead atoms. The van der Waals surface area contributed by atoms with E-state index in [-0.39, 0.29) is 25.0 Å². The third-order valence-electron chi connectivity index (χ3n) is 4.62. The molecule has 4 aromatic rings. The number of nitrogens with one attached hydrogen (secondary N) is 2. The van der Waals surface area contributed by atoms with Crippen molar-refractivity contribution in [3.8, 4) is 18.1 Å². The quantitative estimate of drug-likeness (QED) is 0.446. The fourth-order valence-corrected chi connectivity index (χ4v) is 3.10. The summed E-state index contributed by atoms with van der Waals surface area (Å²) >= 11 is 0. The van der Waals surface area contributed by atoms with Gasteiger partial charge in [-0.25, -0.2) is 4.98 Å². The number of nitrogens with zero attached hydrogens (tertiary/aromatic N) is 2. The molecule has 32 heavy (non-hydrogen) atoms. The second-order valence-electron chi connectivity index (χ2n) is 6.97. The van der Waals surface area contributed by atoms with Crippen LogP contribution in [0.3, 0.4) is 0 Å². The number of amides is 2. The first kappa shape index (κ1) is 20.7. The lowest BCUT2D eigenvalue weighted by molar-refractivity contribution is -0.115. The van der Waals surface area contributed by atoms with Gasteiger partial charge >= 0.3 is 0 Å². The van der Waals surface area contributed by atoms with Crippen molar-refractivity contribution in [1.82, 2.24) is 14.7 Å². The highest BCUT2D eigenvalue weighted by Crippen LogP contribution is 2.16. The van der Waals surface area contributed by atoms with Crippen LogP contribution in [0.5, 0.6) is 5.75 Å². The minimum atomic E-state index is -0.379. The molecule has 2 N–H and O–H groups in total. The van der Waals surface area contributed by atoms with Gasteiger partial charge in [0.05, 0.1) is 12.2 Å². The Hall–Kier alpha value is -4.57. The Morgan fingerprint density at radius 1 is 1.06 bits per heavy atom. The molecule has 0 aliphatic rings. The molecule has 0 fully saturated rings. The van der Waals surface area contributed by atoms with Crippen molar-refractivity contribution in [2.24, 2.45) is 0 Å². The zero-order valence-corrected chi connectivity index (χ0v) is 17.1. The Kier molecular flexibility index (Phi) is 6.14. The maximum absolute atomic E-state index is 12.5. The van der Waals surface area contributed by atoms with E-state index in [1.54, 1.807) is 48.5 Å². The number of ether oxygens (including phenoxy) is 1. The third kappa shape index (κ3) is 5.12. The number of fused-ring (bicyclic) bond motifs is 1. The molecule has 2 amide bonds. The van der Waals surface area contributed by atoms with Crippen LogP contribution in [-0.2, 0) is 11.4 Å². The summed E-state index contributed by atoms with van der Waals surface area (Å²) in [6, 6.07) is 19.4. The summed E-state index contributed by atoms with van der Waals surface area (Å²) in [7, 11) is 0. The smallest absolute Gasteiger partial charge is 0.251 e. The minimum Gasteiger partial charge on any atom is -0.487 e. The van der Waals surface area contributed by atoms with Crippen molar-refractivity contribution < 1.29 is 14.3 Å². The van der Waals surface area contributed by atoms with Crippen LogP contribution in [0.25, 0.3) is 5.65 Å². The van der Waals surface area contributed by atoms with Crippen molar-refractivity contribution in [2.45, 2.75) is 6.61 Å². The number of rotatable bonds is 7. The zero-order valence-electron chi connectivity index (χ0n) is 17.1. The predicted octanol–water partition coefficient (Wildman–Crippen LogP) is 3.26. The molecule has 2 aromatic carbocycles. The summed E-state index contributed by atoms with van der Waals surface area (Å²) in [5.41, 5.74) is 3.23. The van der Waals surface area contributed by atoms with Gasteiger partial charge in [0.2, 0.25) is 5.91 Å². The molecule has 2 aromatic heterocycles. The molecular formula is C25H20N4O3. The van der Waals surface area contributed by atoms with Crippen LogP contribution in [0.15, 0.2) is 79.1 Å². The number of hydrogen-bond acceptors (Lipinski definition) is 4. The first-order valence-corrected chi connectivity index (χ1v) is 9.91. The topological polar surface area (TPSA) is 84.7 Å². The van der Waals surface area contributed by atoms with Crippen LogP contribution >= 0.6 is 0 Å². The molecule has 0 saturated heterocycles. The van der Waals surface area contributed by atoms with E-state index in [1.807, 2.05) is 35.0 Å². The lowest BCUT2D eigenvalue weighted by atomic mass is 10.2. The number of carbonyl (C=O) groups excluding carboxylic acids is 2. The Labute approximate surface area is 185 Å². The maximum atomic E-state index is 12.5. The van der Waals surface area contributed by atoms with Gasteiger partial charge in [0.15, 0.2) is 0 Å². The van der Waals surface area contributed by atoms with Crippen LogP contribution in [0.4, 0.5) is 5.69 Å². The SMILES string of the molecule is C#Cc1cccc(NC(=O)CNC(=O)c2cccc(OCc3cn4ccccc4n3)c2)c1. The summed E-state index contributed by atoms with van der Waals surface area (Å²) in [5.74, 6) is 2.31. The minimum absolute atomic E-state index is 0.175. The number of hydrogen-bond donors (Lipinski definition) is 2. The van der Waals surface area contributed by atoms with Crippen LogP contribution in [0.1, 0.15) is 21.6 Å². The molecule has 0 unspecified atom stereocenters. The van der Waals surface area contributed by atoms with Crippen molar-refractivity contribution in [2.75, 3.05) is 11.9 Å². The highest BCUT2D eigenvalue weighted by molar-refractivity contribution is 5.99. The van der Waals surface area contributed by atoms with Crippen molar-refractivity contribution in [3.05, 3.63) is 95.9 Å². The molecule has 0 aliphatic carbocycles. The van der Waals surface area contributed by atoms with Gasteiger partial charge in [0.1, 0.15) is 18.0 Å². The molecule has 158 valence electrons. The summed E-state index contributed by atoms with van der Waals surface area (Å²) in [4.78, 5) is 29.1. The molecule has 7 nitrogen and oxygen atoms in total. The number of aromatic nitrogens is 2. The third-order valence-corrected chi connectivity index (χ3v) is 4.62.